The Labute approximate surface area is 281 Å². The van der Waals surface area contributed by atoms with E-state index in [1.807, 2.05) is 66.7 Å². The van der Waals surface area contributed by atoms with Crippen LogP contribution in [0.2, 0.25) is 0 Å². The second kappa shape index (κ2) is 11.6. The highest BCUT2D eigenvalue weighted by atomic mass is 15.1. The van der Waals surface area contributed by atoms with Crippen LogP contribution in [0.1, 0.15) is 5.56 Å². The van der Waals surface area contributed by atoms with Gasteiger partial charge >= 0.3 is 0 Å². The van der Waals surface area contributed by atoms with Gasteiger partial charge in [-0.3, -0.25) is 0 Å². The molecule has 0 saturated heterocycles. The lowest BCUT2D eigenvalue weighted by atomic mass is 10.1. The lowest BCUT2D eigenvalue weighted by Crippen LogP contribution is -2.04. The van der Waals surface area contributed by atoms with Crippen LogP contribution >= 0.6 is 0 Å². The number of para-hydroxylation sites is 4. The molecule has 0 aliphatic heterocycles. The van der Waals surface area contributed by atoms with E-state index in [0.717, 1.165) is 44.4 Å². The summed E-state index contributed by atoms with van der Waals surface area (Å²) in [4.78, 5) is 25.1. The van der Waals surface area contributed by atoms with Crippen molar-refractivity contribution in [3.8, 4) is 57.3 Å². The Morgan fingerprint density at radius 3 is 1.51 bits per heavy atom. The molecule has 0 spiro atoms. The quantitative estimate of drug-likeness (QED) is 0.189. The molecule has 0 aliphatic rings. The smallest absolute Gasteiger partial charge is 0.184 e. The van der Waals surface area contributed by atoms with Gasteiger partial charge in [-0.2, -0.15) is 5.26 Å². The van der Waals surface area contributed by atoms with Crippen molar-refractivity contribution in [3.05, 3.63) is 157 Å². The Balaban J connectivity index is 1.23. The van der Waals surface area contributed by atoms with Crippen LogP contribution in [0.5, 0.6) is 0 Å². The maximum atomic E-state index is 9.41. The molecule has 0 saturated carbocycles. The third-order valence-corrected chi connectivity index (χ3v) is 8.70. The Kier molecular flexibility index (Phi) is 6.70. The molecular weight excluding hydrogens is 603 g/mol. The van der Waals surface area contributed by atoms with Gasteiger partial charge in [-0.05, 0) is 60.7 Å². The number of benzene rings is 6. The number of nitriles is 1. The highest BCUT2D eigenvalue weighted by Gasteiger charge is 2.20. The second-order valence-electron chi connectivity index (χ2n) is 11.7. The molecule has 0 N–H and O–H groups in total. The fourth-order valence-corrected chi connectivity index (χ4v) is 6.35. The molecule has 0 radical (unpaired) electrons. The van der Waals surface area contributed by atoms with Gasteiger partial charge in [-0.15, -0.1) is 0 Å². The first kappa shape index (κ1) is 28.2. The predicted octanol–water partition coefficient (Wildman–Crippen LogP) is 9.45. The molecule has 7 heteroatoms. The number of fused-ring (bicyclic) bond motifs is 4. The molecule has 0 aliphatic carbocycles. The SMILES string of the molecule is N#Cc1ccc(-c2nc3ccccc3nc2-c2nc(-c3ccccc3)nc(-c3ccc(-n4c5ccccc5c5ccccc54)cc3)n2)cc1. The van der Waals surface area contributed by atoms with Gasteiger partial charge in [0.25, 0.3) is 0 Å². The fourth-order valence-electron chi connectivity index (χ4n) is 6.35. The highest BCUT2D eigenvalue weighted by molar-refractivity contribution is 6.09. The minimum Gasteiger partial charge on any atom is -0.309 e. The number of hydrogen-bond donors (Lipinski definition) is 0. The lowest BCUT2D eigenvalue weighted by Gasteiger charge is -2.13. The van der Waals surface area contributed by atoms with Crippen LogP contribution in [0.25, 0.3) is 84.1 Å². The second-order valence-corrected chi connectivity index (χ2v) is 11.7. The van der Waals surface area contributed by atoms with Crippen molar-refractivity contribution in [1.82, 2.24) is 29.5 Å². The largest absolute Gasteiger partial charge is 0.309 e. The van der Waals surface area contributed by atoms with Crippen molar-refractivity contribution in [3.63, 3.8) is 0 Å². The average molecular weight is 628 g/mol. The van der Waals surface area contributed by atoms with E-state index in [9.17, 15) is 5.26 Å². The Hall–Kier alpha value is -7.04. The Morgan fingerprint density at radius 2 is 0.898 bits per heavy atom. The van der Waals surface area contributed by atoms with E-state index in [4.69, 9.17) is 24.9 Å². The molecule has 0 unspecified atom stereocenters. The zero-order valence-corrected chi connectivity index (χ0v) is 26.1. The van der Waals surface area contributed by atoms with Crippen molar-refractivity contribution in [2.75, 3.05) is 0 Å². The summed E-state index contributed by atoms with van der Waals surface area (Å²) in [6, 6.07) is 52.4. The van der Waals surface area contributed by atoms with Crippen LogP contribution in [0.3, 0.4) is 0 Å². The third-order valence-electron chi connectivity index (χ3n) is 8.70. The van der Waals surface area contributed by atoms with Gasteiger partial charge in [0.1, 0.15) is 11.4 Å². The molecule has 6 aromatic carbocycles. The van der Waals surface area contributed by atoms with Gasteiger partial charge in [0.05, 0.1) is 33.7 Å². The number of nitrogens with zero attached hydrogens (tertiary/aromatic N) is 7. The molecule has 0 bridgehead atoms. The summed E-state index contributed by atoms with van der Waals surface area (Å²) in [6.07, 6.45) is 0. The maximum absolute atomic E-state index is 9.41. The van der Waals surface area contributed by atoms with E-state index < -0.39 is 0 Å². The molecule has 3 heterocycles. The minimum absolute atomic E-state index is 0.410. The molecule has 0 fully saturated rings. The summed E-state index contributed by atoms with van der Waals surface area (Å²) in [6.45, 7) is 0. The van der Waals surface area contributed by atoms with Crippen LogP contribution in [-0.2, 0) is 0 Å². The molecular formula is C42H25N7. The molecule has 7 nitrogen and oxygen atoms in total. The van der Waals surface area contributed by atoms with E-state index in [0.29, 0.717) is 34.4 Å². The standard InChI is InChI=1S/C42H25N7/c43-26-27-18-20-28(21-19-27)38-39(45-35-15-7-6-14-34(35)44-38)42-47-40(29-10-2-1-3-11-29)46-41(48-42)30-22-24-31(25-23-30)49-36-16-8-4-12-32(36)33-13-5-9-17-37(33)49/h1-25H. The van der Waals surface area contributed by atoms with Crippen LogP contribution < -0.4 is 0 Å². The summed E-state index contributed by atoms with van der Waals surface area (Å²) < 4.78 is 2.29. The maximum Gasteiger partial charge on any atom is 0.184 e. The molecule has 0 amide bonds. The molecule has 3 aromatic heterocycles. The van der Waals surface area contributed by atoms with Crippen molar-refractivity contribution >= 4 is 32.8 Å². The van der Waals surface area contributed by atoms with Crippen LogP contribution in [0.15, 0.2) is 152 Å². The zero-order valence-electron chi connectivity index (χ0n) is 26.1. The summed E-state index contributed by atoms with van der Waals surface area (Å²) in [7, 11) is 0. The Bertz CT molecular complexity index is 2650. The summed E-state index contributed by atoms with van der Waals surface area (Å²) in [5, 5.41) is 11.8. The summed E-state index contributed by atoms with van der Waals surface area (Å²) in [5.74, 6) is 1.47. The van der Waals surface area contributed by atoms with Crippen molar-refractivity contribution < 1.29 is 0 Å². The van der Waals surface area contributed by atoms with Crippen LogP contribution in [0, 0.1) is 11.3 Å². The molecule has 228 valence electrons. The minimum atomic E-state index is 0.410. The van der Waals surface area contributed by atoms with Crippen molar-refractivity contribution in [1.29, 1.82) is 5.26 Å². The van der Waals surface area contributed by atoms with Gasteiger partial charge < -0.3 is 4.57 Å². The first-order chi connectivity index (χ1) is 24.2. The van der Waals surface area contributed by atoms with E-state index >= 15 is 0 Å². The fraction of sp³-hybridized carbons (Fsp3) is 0. The third kappa shape index (κ3) is 4.96. The molecule has 49 heavy (non-hydrogen) atoms. The van der Waals surface area contributed by atoms with Gasteiger partial charge in [0.2, 0.25) is 0 Å². The zero-order chi connectivity index (χ0) is 32.7. The molecule has 9 aromatic rings. The molecule has 0 atom stereocenters. The van der Waals surface area contributed by atoms with Crippen molar-refractivity contribution in [2.45, 2.75) is 0 Å². The monoisotopic (exact) mass is 627 g/mol. The van der Waals surface area contributed by atoms with Gasteiger partial charge in [-0.1, -0.05) is 91.0 Å². The summed E-state index contributed by atoms with van der Waals surface area (Å²) in [5.41, 5.74) is 9.07. The van der Waals surface area contributed by atoms with Gasteiger partial charge in [0, 0.05) is 33.2 Å². The number of rotatable bonds is 5. The van der Waals surface area contributed by atoms with E-state index in [1.165, 1.54) is 10.8 Å². The highest BCUT2D eigenvalue weighted by Crippen LogP contribution is 2.34. The van der Waals surface area contributed by atoms with E-state index in [1.54, 1.807) is 12.1 Å². The van der Waals surface area contributed by atoms with Crippen LogP contribution in [-0.4, -0.2) is 29.5 Å². The van der Waals surface area contributed by atoms with Gasteiger partial charge in [0.15, 0.2) is 17.5 Å². The summed E-state index contributed by atoms with van der Waals surface area (Å²) >= 11 is 0. The average Bonchev–Trinajstić information content (AvgIpc) is 3.52. The predicted molar refractivity (Wildman–Crippen MR) is 194 cm³/mol. The van der Waals surface area contributed by atoms with Gasteiger partial charge in [-0.25, -0.2) is 24.9 Å². The lowest BCUT2D eigenvalue weighted by molar-refractivity contribution is 1.06. The molecule has 9 rings (SSSR count). The first-order valence-electron chi connectivity index (χ1n) is 15.9. The topological polar surface area (TPSA) is 93.2 Å². The number of aromatic nitrogens is 6. The normalized spacial score (nSPS) is 11.2. The van der Waals surface area contributed by atoms with E-state index in [2.05, 4.69) is 83.4 Å². The van der Waals surface area contributed by atoms with E-state index in [-0.39, 0.29) is 0 Å². The number of hydrogen-bond acceptors (Lipinski definition) is 6. The van der Waals surface area contributed by atoms with Crippen LogP contribution in [0.4, 0.5) is 0 Å². The van der Waals surface area contributed by atoms with Crippen molar-refractivity contribution in [2.24, 2.45) is 0 Å². The first-order valence-corrected chi connectivity index (χ1v) is 15.9. The Morgan fingerprint density at radius 1 is 0.408 bits per heavy atom.